The number of nitrogens with one attached hydrogen (secondary N) is 1. The molecule has 3 heterocycles. The van der Waals surface area contributed by atoms with Crippen molar-refractivity contribution >= 4 is 33.5 Å². The SMILES string of the molecule is CN=Cc1cc(-c2cc3cn(C4CCNCC4)nc3s2)c(O)c(C)c1N. The maximum Gasteiger partial charge on any atom is 0.146 e. The summed E-state index contributed by atoms with van der Waals surface area (Å²) in [5.74, 6) is 0.228. The lowest BCUT2D eigenvalue weighted by atomic mass is 10.0. The van der Waals surface area contributed by atoms with Gasteiger partial charge < -0.3 is 16.2 Å². The molecule has 0 aliphatic carbocycles. The molecule has 0 bridgehead atoms. The number of thiophene rings is 1. The number of nitrogen functional groups attached to an aromatic ring is 1. The number of benzene rings is 1. The molecular formula is C19H23N5OS. The number of aliphatic imine (C=N–C) groups is 1. The van der Waals surface area contributed by atoms with Crippen LogP contribution in [-0.4, -0.2) is 41.2 Å². The lowest BCUT2D eigenvalue weighted by molar-refractivity contribution is 0.345. The van der Waals surface area contributed by atoms with Gasteiger partial charge >= 0.3 is 0 Å². The molecule has 7 heteroatoms. The molecule has 3 aromatic rings. The highest BCUT2D eigenvalue weighted by Gasteiger charge is 2.19. The molecule has 1 saturated heterocycles. The largest absolute Gasteiger partial charge is 0.507 e. The molecule has 0 radical (unpaired) electrons. The second-order valence-corrected chi connectivity index (χ2v) is 7.78. The summed E-state index contributed by atoms with van der Waals surface area (Å²) in [7, 11) is 1.71. The molecule has 0 atom stereocenters. The quantitative estimate of drug-likeness (QED) is 0.488. The molecular weight excluding hydrogens is 346 g/mol. The number of piperidine rings is 1. The van der Waals surface area contributed by atoms with Gasteiger partial charge in [-0.25, -0.2) is 0 Å². The Morgan fingerprint density at radius 3 is 2.85 bits per heavy atom. The first-order valence-corrected chi connectivity index (χ1v) is 9.64. The van der Waals surface area contributed by atoms with E-state index in [-0.39, 0.29) is 5.75 Å². The standard InChI is InChI=1S/C19H23N5OS/c1-11-17(20)12(9-21-2)7-15(18(11)25)16-8-13-10-24(23-19(13)26-16)14-3-5-22-6-4-14/h7-10,14,22,25H,3-6,20H2,1-2H3. The number of phenolic OH excluding ortho intramolecular Hbond substituents is 1. The monoisotopic (exact) mass is 369 g/mol. The van der Waals surface area contributed by atoms with Crippen LogP contribution in [0.1, 0.15) is 30.0 Å². The van der Waals surface area contributed by atoms with Gasteiger partial charge in [-0.3, -0.25) is 9.67 Å². The van der Waals surface area contributed by atoms with Crippen molar-refractivity contribution in [2.75, 3.05) is 25.9 Å². The van der Waals surface area contributed by atoms with Gasteiger partial charge in [-0.05, 0) is 45.0 Å². The Bertz CT molecular complexity index is 950. The molecule has 0 saturated carbocycles. The number of aromatic nitrogens is 2. The van der Waals surface area contributed by atoms with E-state index in [0.717, 1.165) is 52.2 Å². The predicted molar refractivity (Wildman–Crippen MR) is 109 cm³/mol. The maximum atomic E-state index is 10.6. The van der Waals surface area contributed by atoms with Crippen molar-refractivity contribution in [2.45, 2.75) is 25.8 Å². The topological polar surface area (TPSA) is 88.5 Å². The number of aromatic hydroxyl groups is 1. The lowest BCUT2D eigenvalue weighted by Gasteiger charge is -2.22. The molecule has 1 fully saturated rings. The van der Waals surface area contributed by atoms with Crippen LogP contribution >= 0.6 is 11.3 Å². The minimum absolute atomic E-state index is 0.228. The van der Waals surface area contributed by atoms with E-state index in [1.807, 2.05) is 13.0 Å². The van der Waals surface area contributed by atoms with Crippen LogP contribution in [0, 0.1) is 6.92 Å². The third kappa shape index (κ3) is 2.87. The van der Waals surface area contributed by atoms with Crippen LogP contribution < -0.4 is 11.1 Å². The van der Waals surface area contributed by atoms with Crippen molar-refractivity contribution in [2.24, 2.45) is 4.99 Å². The Labute approximate surface area is 156 Å². The molecule has 0 unspecified atom stereocenters. The number of anilines is 1. The number of rotatable bonds is 3. The van der Waals surface area contributed by atoms with Crippen LogP contribution in [0.2, 0.25) is 0 Å². The summed E-state index contributed by atoms with van der Waals surface area (Å²) in [5, 5.41) is 19.9. The molecule has 26 heavy (non-hydrogen) atoms. The molecule has 1 aliphatic heterocycles. The Morgan fingerprint density at radius 2 is 2.15 bits per heavy atom. The Morgan fingerprint density at radius 1 is 1.38 bits per heavy atom. The number of hydrogen-bond donors (Lipinski definition) is 3. The third-order valence-electron chi connectivity index (χ3n) is 5.06. The normalized spacial score (nSPS) is 16.1. The number of fused-ring (bicyclic) bond motifs is 1. The van der Waals surface area contributed by atoms with Gasteiger partial charge in [0.15, 0.2) is 0 Å². The first-order chi connectivity index (χ1) is 12.6. The number of hydrogen-bond acceptors (Lipinski definition) is 6. The maximum absolute atomic E-state index is 10.6. The molecule has 0 spiro atoms. The van der Waals surface area contributed by atoms with E-state index in [1.54, 1.807) is 24.6 Å². The van der Waals surface area contributed by atoms with E-state index in [0.29, 0.717) is 17.3 Å². The van der Waals surface area contributed by atoms with Gasteiger partial charge in [0.1, 0.15) is 10.6 Å². The lowest BCUT2D eigenvalue weighted by Crippen LogP contribution is -2.29. The van der Waals surface area contributed by atoms with Gasteiger partial charge in [-0.15, -0.1) is 11.3 Å². The molecule has 0 amide bonds. The zero-order valence-electron chi connectivity index (χ0n) is 15.0. The first-order valence-electron chi connectivity index (χ1n) is 8.82. The third-order valence-corrected chi connectivity index (χ3v) is 6.13. The van der Waals surface area contributed by atoms with Crippen molar-refractivity contribution in [1.82, 2.24) is 15.1 Å². The summed E-state index contributed by atoms with van der Waals surface area (Å²) in [6, 6.07) is 4.47. The highest BCUT2D eigenvalue weighted by molar-refractivity contribution is 7.21. The fraction of sp³-hybridized carbons (Fsp3) is 0.368. The summed E-state index contributed by atoms with van der Waals surface area (Å²) >= 11 is 1.60. The molecule has 2 aromatic heterocycles. The second-order valence-electron chi connectivity index (χ2n) is 6.75. The second kappa shape index (κ2) is 6.74. The van der Waals surface area contributed by atoms with Crippen molar-refractivity contribution in [3.05, 3.63) is 29.5 Å². The summed E-state index contributed by atoms with van der Waals surface area (Å²) in [6.07, 6.45) is 6.07. The van der Waals surface area contributed by atoms with Gasteiger partial charge in [0.25, 0.3) is 0 Å². The summed E-state index contributed by atoms with van der Waals surface area (Å²) in [5.41, 5.74) is 8.96. The molecule has 4 rings (SSSR count). The van der Waals surface area contributed by atoms with Crippen LogP contribution in [0.15, 0.2) is 23.3 Å². The van der Waals surface area contributed by atoms with Gasteiger partial charge in [-0.1, -0.05) is 0 Å². The van der Waals surface area contributed by atoms with Gasteiger partial charge in [0, 0.05) is 52.1 Å². The smallest absolute Gasteiger partial charge is 0.146 e. The minimum atomic E-state index is 0.228. The van der Waals surface area contributed by atoms with Gasteiger partial charge in [-0.2, -0.15) is 5.10 Å². The summed E-state index contributed by atoms with van der Waals surface area (Å²) in [4.78, 5) is 6.05. The fourth-order valence-electron chi connectivity index (χ4n) is 3.51. The summed E-state index contributed by atoms with van der Waals surface area (Å²) < 4.78 is 2.11. The van der Waals surface area contributed by atoms with Crippen LogP contribution in [0.3, 0.4) is 0 Å². The van der Waals surface area contributed by atoms with Crippen molar-refractivity contribution in [1.29, 1.82) is 0 Å². The molecule has 6 nitrogen and oxygen atoms in total. The minimum Gasteiger partial charge on any atom is -0.507 e. The van der Waals surface area contributed by atoms with Crippen molar-refractivity contribution < 1.29 is 5.11 Å². The van der Waals surface area contributed by atoms with E-state index >= 15 is 0 Å². The number of nitrogens with zero attached hydrogens (tertiary/aromatic N) is 3. The van der Waals surface area contributed by atoms with Crippen LogP contribution in [-0.2, 0) is 0 Å². The Hall–Kier alpha value is -2.38. The highest BCUT2D eigenvalue weighted by atomic mass is 32.1. The molecule has 4 N–H and O–H groups in total. The van der Waals surface area contributed by atoms with Crippen molar-refractivity contribution in [3.8, 4) is 16.2 Å². The average Bonchev–Trinajstić information content (AvgIpc) is 3.22. The summed E-state index contributed by atoms with van der Waals surface area (Å²) in [6.45, 7) is 3.92. The van der Waals surface area contributed by atoms with E-state index in [1.165, 1.54) is 0 Å². The predicted octanol–water partition coefficient (Wildman–Crippen LogP) is 3.33. The Kier molecular flexibility index (Phi) is 4.42. The van der Waals surface area contributed by atoms with E-state index in [4.69, 9.17) is 10.8 Å². The van der Waals surface area contributed by atoms with Gasteiger partial charge in [0.05, 0.1) is 6.04 Å². The van der Waals surface area contributed by atoms with Crippen molar-refractivity contribution in [3.63, 3.8) is 0 Å². The zero-order valence-corrected chi connectivity index (χ0v) is 15.8. The molecule has 1 aliphatic rings. The van der Waals surface area contributed by atoms with Gasteiger partial charge in [0.2, 0.25) is 0 Å². The van der Waals surface area contributed by atoms with Crippen LogP contribution in [0.4, 0.5) is 5.69 Å². The van der Waals surface area contributed by atoms with Crippen LogP contribution in [0.25, 0.3) is 20.7 Å². The number of phenols is 1. The van der Waals surface area contributed by atoms with Crippen LogP contribution in [0.5, 0.6) is 5.75 Å². The highest BCUT2D eigenvalue weighted by Crippen LogP contribution is 2.41. The zero-order chi connectivity index (χ0) is 18.3. The average molecular weight is 369 g/mol. The van der Waals surface area contributed by atoms with E-state index in [2.05, 4.69) is 27.3 Å². The Balaban J connectivity index is 1.74. The number of nitrogens with two attached hydrogens (primary N) is 1. The van der Waals surface area contributed by atoms with E-state index in [9.17, 15) is 5.11 Å². The molecule has 1 aromatic carbocycles. The first kappa shape index (κ1) is 17.1. The fourth-order valence-corrected chi connectivity index (χ4v) is 4.54. The molecule has 136 valence electrons. The van der Waals surface area contributed by atoms with E-state index < -0.39 is 0 Å².